The van der Waals surface area contributed by atoms with E-state index in [2.05, 4.69) is 10.3 Å². The first-order valence-corrected chi connectivity index (χ1v) is 6.15. The van der Waals surface area contributed by atoms with E-state index in [0.29, 0.717) is 12.2 Å². The van der Waals surface area contributed by atoms with Crippen molar-refractivity contribution in [1.82, 2.24) is 10.3 Å². The number of rotatable bonds is 3. The molecule has 0 amide bonds. The second-order valence-corrected chi connectivity index (χ2v) is 6.18. The van der Waals surface area contributed by atoms with Gasteiger partial charge in [-0.2, -0.15) is 13.2 Å². The maximum absolute atomic E-state index is 12.2. The number of aryl methyl sites for hydroxylation is 1. The summed E-state index contributed by atoms with van der Waals surface area (Å²) in [6.45, 7) is 8.35. The van der Waals surface area contributed by atoms with Gasteiger partial charge in [0, 0.05) is 17.0 Å². The van der Waals surface area contributed by atoms with Crippen molar-refractivity contribution in [3.05, 3.63) is 15.6 Å². The first kappa shape index (κ1) is 14.4. The summed E-state index contributed by atoms with van der Waals surface area (Å²) < 4.78 is 36.6. The van der Waals surface area contributed by atoms with E-state index in [1.54, 1.807) is 6.92 Å². The van der Waals surface area contributed by atoms with Crippen LogP contribution in [-0.2, 0) is 13.0 Å². The van der Waals surface area contributed by atoms with Crippen molar-refractivity contribution >= 4 is 11.3 Å². The molecule has 0 atom stereocenters. The van der Waals surface area contributed by atoms with Crippen LogP contribution in [0.5, 0.6) is 0 Å². The van der Waals surface area contributed by atoms with Crippen LogP contribution in [0, 0.1) is 6.92 Å². The fourth-order valence-corrected chi connectivity index (χ4v) is 2.29. The summed E-state index contributed by atoms with van der Waals surface area (Å²) in [5.41, 5.74) is 0.631. The number of hydrogen-bond acceptors (Lipinski definition) is 3. The number of alkyl halides is 3. The molecule has 0 spiro atoms. The van der Waals surface area contributed by atoms with Crippen molar-refractivity contribution in [1.29, 1.82) is 0 Å². The Hall–Kier alpha value is -0.620. The topological polar surface area (TPSA) is 24.9 Å². The lowest BCUT2D eigenvalue weighted by Crippen LogP contribution is -2.34. The molecule has 6 heteroatoms. The SMILES string of the molecule is Cc1nc(CC(F)(F)F)sc1CNC(C)(C)C. The van der Waals surface area contributed by atoms with Crippen LogP contribution in [0.4, 0.5) is 13.2 Å². The van der Waals surface area contributed by atoms with Crippen LogP contribution in [0.1, 0.15) is 36.3 Å². The number of halogens is 3. The summed E-state index contributed by atoms with van der Waals surface area (Å²) in [7, 11) is 0. The molecule has 1 N–H and O–H groups in total. The average Bonchev–Trinajstić information content (AvgIpc) is 2.38. The Morgan fingerprint density at radius 1 is 1.24 bits per heavy atom. The molecule has 1 aromatic rings. The predicted molar refractivity (Wildman–Crippen MR) is 63.2 cm³/mol. The average molecular weight is 266 g/mol. The zero-order valence-electron chi connectivity index (χ0n) is 10.4. The number of hydrogen-bond donors (Lipinski definition) is 1. The smallest absolute Gasteiger partial charge is 0.307 e. The third-order valence-corrected chi connectivity index (χ3v) is 3.23. The quantitative estimate of drug-likeness (QED) is 0.906. The Morgan fingerprint density at radius 3 is 2.29 bits per heavy atom. The Labute approximate surface area is 103 Å². The fourth-order valence-electron chi connectivity index (χ4n) is 1.24. The number of nitrogens with zero attached hydrogens (tertiary/aromatic N) is 1. The zero-order chi connectivity index (χ0) is 13.3. The van der Waals surface area contributed by atoms with Crippen molar-refractivity contribution in [2.24, 2.45) is 0 Å². The molecule has 0 aromatic carbocycles. The molecule has 0 radical (unpaired) electrons. The van der Waals surface area contributed by atoms with Crippen molar-refractivity contribution < 1.29 is 13.2 Å². The van der Waals surface area contributed by atoms with Crippen molar-refractivity contribution in [3.8, 4) is 0 Å². The van der Waals surface area contributed by atoms with E-state index in [1.165, 1.54) is 0 Å². The Morgan fingerprint density at radius 2 is 1.82 bits per heavy atom. The molecule has 0 saturated carbocycles. The highest BCUT2D eigenvalue weighted by Crippen LogP contribution is 2.26. The van der Waals surface area contributed by atoms with Gasteiger partial charge in [0.05, 0.1) is 12.1 Å². The number of thiazole rings is 1. The molecule has 98 valence electrons. The van der Waals surface area contributed by atoms with E-state index in [4.69, 9.17) is 0 Å². The lowest BCUT2D eigenvalue weighted by atomic mass is 10.1. The Balaban J connectivity index is 2.69. The molecule has 0 aliphatic carbocycles. The lowest BCUT2D eigenvalue weighted by Gasteiger charge is -2.19. The molecule has 0 fully saturated rings. The van der Waals surface area contributed by atoms with Gasteiger partial charge in [-0.3, -0.25) is 0 Å². The minimum absolute atomic E-state index is 0.0549. The second kappa shape index (κ2) is 4.94. The van der Waals surface area contributed by atoms with Gasteiger partial charge in [0.1, 0.15) is 5.01 Å². The summed E-state index contributed by atoms with van der Waals surface area (Å²) in [5.74, 6) is 0. The van der Waals surface area contributed by atoms with Crippen LogP contribution in [0.3, 0.4) is 0 Å². The van der Waals surface area contributed by atoms with Crippen LogP contribution in [0.2, 0.25) is 0 Å². The number of aromatic nitrogens is 1. The van der Waals surface area contributed by atoms with Crippen molar-refractivity contribution in [2.45, 2.75) is 52.4 Å². The third-order valence-electron chi connectivity index (χ3n) is 2.07. The molecule has 0 saturated heterocycles. The molecule has 0 unspecified atom stereocenters. The van der Waals surface area contributed by atoms with Crippen molar-refractivity contribution in [2.75, 3.05) is 0 Å². The molecule has 0 bridgehead atoms. The molecular weight excluding hydrogens is 249 g/mol. The molecule has 1 heterocycles. The highest BCUT2D eigenvalue weighted by molar-refractivity contribution is 7.11. The summed E-state index contributed by atoms with van der Waals surface area (Å²) in [6.07, 6.45) is -5.12. The highest BCUT2D eigenvalue weighted by atomic mass is 32.1. The van der Waals surface area contributed by atoms with Gasteiger partial charge in [-0.25, -0.2) is 4.98 Å². The lowest BCUT2D eigenvalue weighted by molar-refractivity contribution is -0.127. The standard InChI is InChI=1S/C11H17F3N2S/c1-7-8(6-15-10(2,3)4)17-9(16-7)5-11(12,13)14/h15H,5-6H2,1-4H3. The van der Waals surface area contributed by atoms with E-state index >= 15 is 0 Å². The molecule has 1 rings (SSSR count). The monoisotopic (exact) mass is 266 g/mol. The van der Waals surface area contributed by atoms with Gasteiger partial charge in [0.2, 0.25) is 0 Å². The van der Waals surface area contributed by atoms with Gasteiger partial charge in [-0.05, 0) is 27.7 Å². The normalized spacial score (nSPS) is 13.1. The minimum Gasteiger partial charge on any atom is -0.307 e. The minimum atomic E-state index is -4.18. The molecule has 1 aromatic heterocycles. The van der Waals surface area contributed by atoms with E-state index in [-0.39, 0.29) is 10.5 Å². The molecular formula is C11H17F3N2S. The zero-order valence-corrected chi connectivity index (χ0v) is 11.2. The van der Waals surface area contributed by atoms with Crippen LogP contribution >= 0.6 is 11.3 Å². The van der Waals surface area contributed by atoms with Gasteiger partial charge in [0.25, 0.3) is 0 Å². The maximum atomic E-state index is 12.2. The first-order chi connectivity index (χ1) is 7.57. The van der Waals surface area contributed by atoms with E-state index in [0.717, 1.165) is 16.2 Å². The molecule has 0 aliphatic rings. The number of nitrogens with one attached hydrogen (secondary N) is 1. The molecule has 2 nitrogen and oxygen atoms in total. The van der Waals surface area contributed by atoms with Crippen molar-refractivity contribution in [3.63, 3.8) is 0 Å². The fraction of sp³-hybridized carbons (Fsp3) is 0.727. The predicted octanol–water partition coefficient (Wildman–Crippen LogP) is 3.44. The molecule has 17 heavy (non-hydrogen) atoms. The van der Waals surface area contributed by atoms with E-state index < -0.39 is 12.6 Å². The highest BCUT2D eigenvalue weighted by Gasteiger charge is 2.29. The van der Waals surface area contributed by atoms with E-state index in [1.807, 2.05) is 20.8 Å². The molecule has 0 aliphatic heterocycles. The van der Waals surface area contributed by atoms with Gasteiger partial charge in [0.15, 0.2) is 0 Å². The maximum Gasteiger partial charge on any atom is 0.395 e. The summed E-state index contributed by atoms with van der Waals surface area (Å²) in [6, 6.07) is 0. The van der Waals surface area contributed by atoms with Crippen LogP contribution < -0.4 is 5.32 Å². The first-order valence-electron chi connectivity index (χ1n) is 5.34. The largest absolute Gasteiger partial charge is 0.395 e. The third kappa shape index (κ3) is 5.50. The van der Waals surface area contributed by atoms with Crippen LogP contribution in [0.25, 0.3) is 0 Å². The summed E-state index contributed by atoms with van der Waals surface area (Å²) >= 11 is 1.13. The Bertz CT molecular complexity index is 377. The summed E-state index contributed by atoms with van der Waals surface area (Å²) in [5, 5.41) is 3.38. The Kier molecular flexibility index (Phi) is 4.19. The van der Waals surface area contributed by atoms with Gasteiger partial charge < -0.3 is 5.32 Å². The van der Waals surface area contributed by atoms with Crippen LogP contribution in [-0.4, -0.2) is 16.7 Å². The van der Waals surface area contributed by atoms with Gasteiger partial charge in [-0.15, -0.1) is 11.3 Å². The van der Waals surface area contributed by atoms with Crippen LogP contribution in [0.15, 0.2) is 0 Å². The van der Waals surface area contributed by atoms with Gasteiger partial charge in [-0.1, -0.05) is 0 Å². The second-order valence-electron chi connectivity index (χ2n) is 5.01. The van der Waals surface area contributed by atoms with E-state index in [9.17, 15) is 13.2 Å². The van der Waals surface area contributed by atoms with Gasteiger partial charge >= 0.3 is 6.18 Å². The summed E-state index contributed by atoms with van der Waals surface area (Å²) in [4.78, 5) is 4.83.